The van der Waals surface area contributed by atoms with Crippen molar-refractivity contribution in [2.45, 2.75) is 6.61 Å². The van der Waals surface area contributed by atoms with Crippen LogP contribution in [0.3, 0.4) is 0 Å². The highest BCUT2D eigenvalue weighted by molar-refractivity contribution is 6.43. The molecule has 0 saturated carbocycles. The largest absolute Gasteiger partial charge is 0.392 e. The summed E-state index contributed by atoms with van der Waals surface area (Å²) in [5, 5.41) is 10.1. The number of aromatic amines is 1. The Bertz CT molecular complexity index is 608. The van der Waals surface area contributed by atoms with Crippen LogP contribution in [0.4, 0.5) is 0 Å². The zero-order valence-electron chi connectivity index (χ0n) is 8.71. The lowest BCUT2D eigenvalue weighted by Gasteiger charge is -2.09. The number of H-pyrrole nitrogens is 1. The summed E-state index contributed by atoms with van der Waals surface area (Å²) in [6.07, 6.45) is 1.52. The molecule has 5 heteroatoms. The molecule has 0 spiro atoms. The molecule has 1 heterocycles. The third kappa shape index (κ3) is 2.36. The minimum absolute atomic E-state index is 0.234. The van der Waals surface area contributed by atoms with Crippen LogP contribution >= 0.6 is 23.2 Å². The Balaban J connectivity index is 2.68. The van der Waals surface area contributed by atoms with Crippen LogP contribution < -0.4 is 5.56 Å². The molecule has 1 aromatic carbocycles. The second-order valence-corrected chi connectivity index (χ2v) is 4.28. The first-order valence-corrected chi connectivity index (χ1v) is 5.66. The predicted octanol–water partition coefficient (Wildman–Crippen LogP) is 2.84. The van der Waals surface area contributed by atoms with E-state index in [1.165, 1.54) is 12.3 Å². The van der Waals surface area contributed by atoms with Crippen molar-refractivity contribution in [3.8, 4) is 11.1 Å². The van der Waals surface area contributed by atoms with E-state index in [1.54, 1.807) is 18.2 Å². The molecule has 3 nitrogen and oxygen atoms in total. The van der Waals surface area contributed by atoms with Gasteiger partial charge in [-0.3, -0.25) is 4.79 Å². The SMILES string of the molecule is O=c1cc(CO)c(-c2cccc(Cl)c2Cl)c[nH]1. The molecule has 88 valence electrons. The number of hydrogen-bond donors (Lipinski definition) is 2. The summed E-state index contributed by atoms with van der Waals surface area (Å²) >= 11 is 12.0. The molecule has 0 aliphatic rings. The Morgan fingerprint density at radius 2 is 2.00 bits per heavy atom. The summed E-state index contributed by atoms with van der Waals surface area (Å²) in [5.74, 6) is 0. The summed E-state index contributed by atoms with van der Waals surface area (Å²) in [7, 11) is 0. The van der Waals surface area contributed by atoms with Gasteiger partial charge in [-0.05, 0) is 11.6 Å². The lowest BCUT2D eigenvalue weighted by molar-refractivity contribution is 0.282. The molecule has 0 radical (unpaired) electrons. The molecular weight excluding hydrogens is 261 g/mol. The molecule has 0 aliphatic heterocycles. The topological polar surface area (TPSA) is 53.1 Å². The number of aromatic nitrogens is 1. The average Bonchev–Trinajstić information content (AvgIpc) is 2.33. The highest BCUT2D eigenvalue weighted by Crippen LogP contribution is 2.34. The molecular formula is C12H9Cl2NO2. The van der Waals surface area contributed by atoms with Gasteiger partial charge in [0.2, 0.25) is 5.56 Å². The number of pyridine rings is 1. The molecule has 1 aromatic heterocycles. The average molecular weight is 270 g/mol. The molecule has 0 bridgehead atoms. The van der Waals surface area contributed by atoms with Gasteiger partial charge in [-0.2, -0.15) is 0 Å². The van der Waals surface area contributed by atoms with Crippen LogP contribution in [0.15, 0.2) is 35.3 Å². The highest BCUT2D eigenvalue weighted by Gasteiger charge is 2.10. The van der Waals surface area contributed by atoms with Gasteiger partial charge in [-0.25, -0.2) is 0 Å². The second-order valence-electron chi connectivity index (χ2n) is 3.50. The van der Waals surface area contributed by atoms with Crippen molar-refractivity contribution < 1.29 is 5.11 Å². The van der Waals surface area contributed by atoms with Crippen LogP contribution in [-0.4, -0.2) is 10.1 Å². The molecule has 0 atom stereocenters. The molecule has 0 amide bonds. The number of benzene rings is 1. The van der Waals surface area contributed by atoms with E-state index < -0.39 is 0 Å². The van der Waals surface area contributed by atoms with Crippen molar-refractivity contribution in [3.05, 3.63) is 56.4 Å². The van der Waals surface area contributed by atoms with Gasteiger partial charge in [-0.15, -0.1) is 0 Å². The molecule has 0 aliphatic carbocycles. The molecule has 0 saturated heterocycles. The fourth-order valence-electron chi connectivity index (χ4n) is 1.61. The summed E-state index contributed by atoms with van der Waals surface area (Å²) in [4.78, 5) is 13.7. The smallest absolute Gasteiger partial charge is 0.248 e. The number of halogens is 2. The number of aliphatic hydroxyl groups is 1. The van der Waals surface area contributed by atoms with E-state index in [1.807, 2.05) is 0 Å². The van der Waals surface area contributed by atoms with Crippen molar-refractivity contribution in [1.29, 1.82) is 0 Å². The summed E-state index contributed by atoms with van der Waals surface area (Å²) in [6.45, 7) is -0.234. The van der Waals surface area contributed by atoms with Gasteiger partial charge < -0.3 is 10.1 Å². The Labute approximate surface area is 108 Å². The molecule has 0 fully saturated rings. The first-order valence-electron chi connectivity index (χ1n) is 4.90. The van der Waals surface area contributed by atoms with Crippen LogP contribution in [-0.2, 0) is 6.61 Å². The third-order valence-electron chi connectivity index (χ3n) is 2.42. The summed E-state index contributed by atoms with van der Waals surface area (Å²) in [5.41, 5.74) is 1.59. The number of hydrogen-bond acceptors (Lipinski definition) is 2. The summed E-state index contributed by atoms with van der Waals surface area (Å²) < 4.78 is 0. The van der Waals surface area contributed by atoms with Gasteiger partial charge in [0.15, 0.2) is 0 Å². The number of aliphatic hydroxyl groups excluding tert-OH is 1. The minimum atomic E-state index is -0.268. The van der Waals surface area contributed by atoms with Crippen LogP contribution in [0, 0.1) is 0 Å². The van der Waals surface area contributed by atoms with E-state index in [4.69, 9.17) is 23.2 Å². The lowest BCUT2D eigenvalue weighted by atomic mass is 10.0. The van der Waals surface area contributed by atoms with Crippen molar-refractivity contribution in [1.82, 2.24) is 4.98 Å². The van der Waals surface area contributed by atoms with Crippen LogP contribution in [0.2, 0.25) is 10.0 Å². The van der Waals surface area contributed by atoms with E-state index in [9.17, 15) is 9.90 Å². The summed E-state index contributed by atoms with van der Waals surface area (Å²) in [6, 6.07) is 6.56. The van der Waals surface area contributed by atoms with E-state index >= 15 is 0 Å². The quantitative estimate of drug-likeness (QED) is 0.881. The van der Waals surface area contributed by atoms with Crippen LogP contribution in [0.5, 0.6) is 0 Å². The van der Waals surface area contributed by atoms with Gasteiger partial charge >= 0.3 is 0 Å². The van der Waals surface area contributed by atoms with Crippen LogP contribution in [0.25, 0.3) is 11.1 Å². The predicted molar refractivity (Wildman–Crippen MR) is 68.4 cm³/mol. The Kier molecular flexibility index (Phi) is 3.52. The van der Waals surface area contributed by atoms with Crippen molar-refractivity contribution in [3.63, 3.8) is 0 Å². The fraction of sp³-hybridized carbons (Fsp3) is 0.0833. The normalized spacial score (nSPS) is 10.5. The number of nitrogens with one attached hydrogen (secondary N) is 1. The Morgan fingerprint density at radius 1 is 1.24 bits per heavy atom. The van der Waals surface area contributed by atoms with E-state index in [0.29, 0.717) is 26.7 Å². The lowest BCUT2D eigenvalue weighted by Crippen LogP contribution is -2.06. The van der Waals surface area contributed by atoms with Gasteiger partial charge in [0, 0.05) is 23.4 Å². The van der Waals surface area contributed by atoms with Crippen molar-refractivity contribution in [2.24, 2.45) is 0 Å². The van der Waals surface area contributed by atoms with E-state index in [-0.39, 0.29) is 12.2 Å². The van der Waals surface area contributed by atoms with Gasteiger partial charge in [0.1, 0.15) is 0 Å². The zero-order chi connectivity index (χ0) is 12.4. The maximum Gasteiger partial charge on any atom is 0.248 e. The third-order valence-corrected chi connectivity index (χ3v) is 3.24. The Morgan fingerprint density at radius 3 is 2.71 bits per heavy atom. The highest BCUT2D eigenvalue weighted by atomic mass is 35.5. The van der Waals surface area contributed by atoms with Crippen LogP contribution in [0.1, 0.15) is 5.56 Å². The minimum Gasteiger partial charge on any atom is -0.392 e. The van der Waals surface area contributed by atoms with Gasteiger partial charge in [-0.1, -0.05) is 35.3 Å². The maximum absolute atomic E-state index is 11.2. The first kappa shape index (κ1) is 12.2. The van der Waals surface area contributed by atoms with Gasteiger partial charge in [0.05, 0.1) is 16.7 Å². The standard InChI is InChI=1S/C12H9Cl2NO2/c13-10-3-1-2-8(12(10)14)9-5-15-11(17)4-7(9)6-16/h1-5,16H,6H2,(H,15,17). The second kappa shape index (κ2) is 4.92. The van der Waals surface area contributed by atoms with Gasteiger partial charge in [0.25, 0.3) is 0 Å². The fourth-order valence-corrected chi connectivity index (χ4v) is 2.01. The Hall–Kier alpha value is -1.29. The van der Waals surface area contributed by atoms with E-state index in [2.05, 4.69) is 4.98 Å². The number of rotatable bonds is 2. The molecule has 2 aromatic rings. The van der Waals surface area contributed by atoms with Crippen molar-refractivity contribution >= 4 is 23.2 Å². The van der Waals surface area contributed by atoms with E-state index in [0.717, 1.165) is 0 Å². The first-order chi connectivity index (χ1) is 8.13. The van der Waals surface area contributed by atoms with Crippen molar-refractivity contribution in [2.75, 3.05) is 0 Å². The molecule has 17 heavy (non-hydrogen) atoms. The maximum atomic E-state index is 11.2. The zero-order valence-corrected chi connectivity index (χ0v) is 10.2. The monoisotopic (exact) mass is 269 g/mol. The molecule has 0 unspecified atom stereocenters. The molecule has 2 N–H and O–H groups in total. The molecule has 2 rings (SSSR count).